The van der Waals surface area contributed by atoms with Gasteiger partial charge in [-0.25, -0.2) is 0 Å². The molecule has 0 saturated heterocycles. The molecule has 1 aromatic heterocycles. The third-order valence-corrected chi connectivity index (χ3v) is 5.04. The smallest absolute Gasteiger partial charge is 0.0619 e. The van der Waals surface area contributed by atoms with E-state index >= 15 is 0 Å². The molecule has 0 aliphatic heterocycles. The molecule has 0 saturated carbocycles. The molecular formula is C25H19N. The molecule has 1 heteroatoms. The highest BCUT2D eigenvalue weighted by atomic mass is 15.0. The number of rotatable bonds is 2. The van der Waals surface area contributed by atoms with Gasteiger partial charge in [0.25, 0.3) is 0 Å². The van der Waals surface area contributed by atoms with Gasteiger partial charge in [-0.2, -0.15) is 0 Å². The van der Waals surface area contributed by atoms with Gasteiger partial charge in [0.1, 0.15) is 0 Å². The summed E-state index contributed by atoms with van der Waals surface area (Å²) in [5.41, 5.74) is 7.51. The molecule has 0 amide bonds. The van der Waals surface area contributed by atoms with Crippen molar-refractivity contribution in [3.05, 3.63) is 103 Å². The summed E-state index contributed by atoms with van der Waals surface area (Å²) in [5, 5.41) is 2.59. The first-order valence-corrected chi connectivity index (χ1v) is 8.97. The van der Waals surface area contributed by atoms with E-state index in [-0.39, 0.29) is 0 Å². The van der Waals surface area contributed by atoms with Gasteiger partial charge in [-0.3, -0.25) is 0 Å². The Balaban J connectivity index is 2.00. The van der Waals surface area contributed by atoms with Crippen molar-refractivity contribution in [2.45, 2.75) is 6.92 Å². The lowest BCUT2D eigenvalue weighted by Gasteiger charge is -2.11. The molecule has 4 aromatic carbocycles. The van der Waals surface area contributed by atoms with E-state index in [1.165, 1.54) is 44.2 Å². The van der Waals surface area contributed by atoms with E-state index in [1.807, 2.05) is 0 Å². The molecule has 1 nitrogen and oxygen atoms in total. The van der Waals surface area contributed by atoms with Crippen LogP contribution in [0.2, 0.25) is 0 Å². The van der Waals surface area contributed by atoms with E-state index in [4.69, 9.17) is 0 Å². The minimum Gasteiger partial charge on any atom is -0.309 e. The van der Waals surface area contributed by atoms with E-state index in [9.17, 15) is 0 Å². The van der Waals surface area contributed by atoms with Crippen molar-refractivity contribution in [3.63, 3.8) is 0 Å². The Morgan fingerprint density at radius 2 is 1.35 bits per heavy atom. The standard InChI is InChI=1S/C25H19N/c1-18-15-16-22-23-14-8-13-21(19-9-4-2-5-10-19)25(23)26(24(22)17-18)20-11-6-3-7-12-20/h2-17H,1H3. The maximum absolute atomic E-state index is 2.40. The van der Waals surface area contributed by atoms with Crippen LogP contribution < -0.4 is 0 Å². The molecule has 26 heavy (non-hydrogen) atoms. The molecule has 0 aliphatic rings. The van der Waals surface area contributed by atoms with Crippen LogP contribution in [0.1, 0.15) is 5.56 Å². The molecule has 0 atom stereocenters. The molecule has 0 fully saturated rings. The van der Waals surface area contributed by atoms with Gasteiger partial charge >= 0.3 is 0 Å². The number of nitrogens with zero attached hydrogens (tertiary/aromatic N) is 1. The van der Waals surface area contributed by atoms with Crippen LogP contribution in [0.25, 0.3) is 38.6 Å². The minimum atomic E-state index is 1.20. The molecule has 0 aliphatic carbocycles. The van der Waals surface area contributed by atoms with Crippen LogP contribution in [0.3, 0.4) is 0 Å². The number of aromatic nitrogens is 1. The zero-order chi connectivity index (χ0) is 17.5. The minimum absolute atomic E-state index is 1.20. The number of para-hydroxylation sites is 2. The Morgan fingerprint density at radius 1 is 0.615 bits per heavy atom. The Hall–Kier alpha value is -3.32. The van der Waals surface area contributed by atoms with Gasteiger partial charge in [0.15, 0.2) is 0 Å². The Bertz CT molecular complexity index is 1210. The highest BCUT2D eigenvalue weighted by molar-refractivity contribution is 6.13. The van der Waals surface area contributed by atoms with Crippen molar-refractivity contribution >= 4 is 21.8 Å². The van der Waals surface area contributed by atoms with Crippen LogP contribution in [-0.4, -0.2) is 4.57 Å². The van der Waals surface area contributed by atoms with Crippen molar-refractivity contribution in [1.82, 2.24) is 4.57 Å². The number of hydrogen-bond donors (Lipinski definition) is 0. The summed E-state index contributed by atoms with van der Waals surface area (Å²) in [6, 6.07) is 34.7. The predicted molar refractivity (Wildman–Crippen MR) is 111 cm³/mol. The fourth-order valence-electron chi connectivity index (χ4n) is 3.87. The van der Waals surface area contributed by atoms with E-state index in [2.05, 4.69) is 109 Å². The van der Waals surface area contributed by atoms with Crippen LogP contribution in [0.15, 0.2) is 97.1 Å². The Labute approximate surface area is 153 Å². The second kappa shape index (κ2) is 5.89. The monoisotopic (exact) mass is 333 g/mol. The number of benzene rings is 4. The predicted octanol–water partition coefficient (Wildman–Crippen LogP) is 6.76. The SMILES string of the molecule is Cc1ccc2c3cccc(-c4ccccc4)c3n(-c3ccccc3)c2c1. The fraction of sp³-hybridized carbons (Fsp3) is 0.0400. The van der Waals surface area contributed by atoms with Gasteiger partial charge in [0.2, 0.25) is 0 Å². The van der Waals surface area contributed by atoms with Crippen molar-refractivity contribution in [3.8, 4) is 16.8 Å². The van der Waals surface area contributed by atoms with Gasteiger partial charge in [0, 0.05) is 22.0 Å². The molecule has 0 N–H and O–H groups in total. The van der Waals surface area contributed by atoms with Crippen molar-refractivity contribution < 1.29 is 0 Å². The summed E-state index contributed by atoms with van der Waals surface area (Å²) in [6.07, 6.45) is 0. The normalized spacial score (nSPS) is 11.3. The van der Waals surface area contributed by atoms with E-state index in [0.29, 0.717) is 0 Å². The molecule has 0 spiro atoms. The number of aryl methyl sites for hydroxylation is 1. The summed E-state index contributed by atoms with van der Waals surface area (Å²) < 4.78 is 2.40. The second-order valence-corrected chi connectivity index (χ2v) is 6.76. The Morgan fingerprint density at radius 3 is 2.12 bits per heavy atom. The molecule has 0 unspecified atom stereocenters. The summed E-state index contributed by atoms with van der Waals surface area (Å²) >= 11 is 0. The lowest BCUT2D eigenvalue weighted by molar-refractivity contribution is 1.18. The molecule has 0 bridgehead atoms. The molecule has 124 valence electrons. The second-order valence-electron chi connectivity index (χ2n) is 6.76. The largest absolute Gasteiger partial charge is 0.309 e. The molecule has 5 aromatic rings. The summed E-state index contributed by atoms with van der Waals surface area (Å²) in [6.45, 7) is 2.16. The van der Waals surface area contributed by atoms with E-state index in [1.54, 1.807) is 0 Å². The number of fused-ring (bicyclic) bond motifs is 3. The van der Waals surface area contributed by atoms with E-state index in [0.717, 1.165) is 0 Å². The molecule has 5 rings (SSSR count). The highest BCUT2D eigenvalue weighted by Crippen LogP contribution is 2.38. The van der Waals surface area contributed by atoms with Crippen LogP contribution >= 0.6 is 0 Å². The summed E-state index contributed by atoms with van der Waals surface area (Å²) in [7, 11) is 0. The zero-order valence-corrected chi connectivity index (χ0v) is 14.7. The third-order valence-electron chi connectivity index (χ3n) is 5.04. The van der Waals surface area contributed by atoms with Gasteiger partial charge in [-0.15, -0.1) is 0 Å². The first-order valence-electron chi connectivity index (χ1n) is 8.97. The van der Waals surface area contributed by atoms with Gasteiger partial charge < -0.3 is 4.57 Å². The quantitative estimate of drug-likeness (QED) is 0.336. The van der Waals surface area contributed by atoms with E-state index < -0.39 is 0 Å². The zero-order valence-electron chi connectivity index (χ0n) is 14.7. The van der Waals surface area contributed by atoms with Gasteiger partial charge in [-0.05, 0) is 36.2 Å². The van der Waals surface area contributed by atoms with Crippen molar-refractivity contribution in [1.29, 1.82) is 0 Å². The average Bonchev–Trinajstić information content (AvgIpc) is 3.02. The fourth-order valence-corrected chi connectivity index (χ4v) is 3.87. The highest BCUT2D eigenvalue weighted by Gasteiger charge is 2.16. The number of hydrogen-bond acceptors (Lipinski definition) is 0. The van der Waals surface area contributed by atoms with Crippen LogP contribution in [-0.2, 0) is 0 Å². The average molecular weight is 333 g/mol. The maximum Gasteiger partial charge on any atom is 0.0619 e. The van der Waals surface area contributed by atoms with Crippen LogP contribution in [0.4, 0.5) is 0 Å². The molecular weight excluding hydrogens is 314 g/mol. The first kappa shape index (κ1) is 15.0. The van der Waals surface area contributed by atoms with Crippen molar-refractivity contribution in [2.24, 2.45) is 0 Å². The Kier molecular flexibility index (Phi) is 3.39. The summed E-state index contributed by atoms with van der Waals surface area (Å²) in [4.78, 5) is 0. The maximum atomic E-state index is 2.40. The lowest BCUT2D eigenvalue weighted by atomic mass is 10.0. The lowest BCUT2D eigenvalue weighted by Crippen LogP contribution is -1.95. The third kappa shape index (κ3) is 2.25. The summed E-state index contributed by atoms with van der Waals surface area (Å²) in [5.74, 6) is 0. The topological polar surface area (TPSA) is 4.93 Å². The van der Waals surface area contributed by atoms with Gasteiger partial charge in [-0.1, -0.05) is 78.9 Å². The van der Waals surface area contributed by atoms with Crippen molar-refractivity contribution in [2.75, 3.05) is 0 Å². The first-order chi connectivity index (χ1) is 12.8. The van der Waals surface area contributed by atoms with Crippen LogP contribution in [0.5, 0.6) is 0 Å². The molecule has 1 heterocycles. The molecule has 0 radical (unpaired) electrons. The van der Waals surface area contributed by atoms with Crippen LogP contribution in [0, 0.1) is 6.92 Å². The van der Waals surface area contributed by atoms with Gasteiger partial charge in [0.05, 0.1) is 11.0 Å².